The van der Waals surface area contributed by atoms with Crippen molar-refractivity contribution in [3.8, 4) is 11.4 Å². The van der Waals surface area contributed by atoms with E-state index in [2.05, 4.69) is 39.0 Å². The number of nitrogens with one attached hydrogen (secondary N) is 1. The number of halogens is 1. The maximum atomic E-state index is 14.6. The van der Waals surface area contributed by atoms with E-state index in [-0.39, 0.29) is 23.0 Å². The van der Waals surface area contributed by atoms with Gasteiger partial charge in [0.1, 0.15) is 11.5 Å². The fourth-order valence-corrected chi connectivity index (χ4v) is 7.18. The second-order valence-corrected chi connectivity index (χ2v) is 12.4. The van der Waals surface area contributed by atoms with Crippen LogP contribution in [0, 0.1) is 12.7 Å². The summed E-state index contributed by atoms with van der Waals surface area (Å²) in [6.07, 6.45) is 5.52. The molecule has 35 heavy (non-hydrogen) atoms. The number of likely N-dealkylation sites (tertiary alicyclic amines) is 1. The lowest BCUT2D eigenvalue weighted by Gasteiger charge is -2.38. The van der Waals surface area contributed by atoms with Crippen LogP contribution >= 0.6 is 0 Å². The first kappa shape index (κ1) is 26.0. The van der Waals surface area contributed by atoms with Gasteiger partial charge in [0.25, 0.3) is 0 Å². The van der Waals surface area contributed by atoms with Crippen molar-refractivity contribution in [1.29, 1.82) is 0 Å². The van der Waals surface area contributed by atoms with Crippen molar-refractivity contribution in [3.05, 3.63) is 24.0 Å². The SMILES string of the molecule is Cc1ncc(-c2nc(NC3CCN(S(=O)(=O)C4CCN(C(C)C)CC4)CC3)ncc2F)n1C(C)C. The molecule has 0 bridgehead atoms. The molecule has 2 aromatic heterocycles. The third-order valence-electron chi connectivity index (χ3n) is 7.26. The molecule has 2 aromatic rings. The predicted molar refractivity (Wildman–Crippen MR) is 135 cm³/mol. The second-order valence-electron chi connectivity index (χ2n) is 10.2. The zero-order valence-electron chi connectivity index (χ0n) is 21.4. The summed E-state index contributed by atoms with van der Waals surface area (Å²) in [5.41, 5.74) is 0.828. The molecule has 0 saturated carbocycles. The van der Waals surface area contributed by atoms with Gasteiger partial charge in [0.15, 0.2) is 5.82 Å². The molecule has 0 radical (unpaired) electrons. The Hall–Kier alpha value is -2.11. The Bertz CT molecular complexity index is 1120. The van der Waals surface area contributed by atoms with E-state index < -0.39 is 15.8 Å². The average Bonchev–Trinajstić information content (AvgIpc) is 3.22. The molecule has 0 amide bonds. The molecule has 2 saturated heterocycles. The van der Waals surface area contributed by atoms with Crippen LogP contribution in [0.15, 0.2) is 12.4 Å². The maximum absolute atomic E-state index is 14.6. The van der Waals surface area contributed by atoms with Crippen molar-refractivity contribution in [2.45, 2.75) is 83.7 Å². The van der Waals surface area contributed by atoms with Gasteiger partial charge in [-0.1, -0.05) is 0 Å². The Labute approximate surface area is 208 Å². The topological polar surface area (TPSA) is 96.2 Å². The molecule has 1 N–H and O–H groups in total. The van der Waals surface area contributed by atoms with Crippen molar-refractivity contribution in [2.75, 3.05) is 31.5 Å². The average molecular weight is 508 g/mol. The van der Waals surface area contributed by atoms with Crippen LogP contribution in [-0.4, -0.2) is 80.7 Å². The normalized spacial score (nSPS) is 19.7. The lowest BCUT2D eigenvalue weighted by Crippen LogP contribution is -2.50. The van der Waals surface area contributed by atoms with Crippen LogP contribution in [-0.2, 0) is 10.0 Å². The largest absolute Gasteiger partial charge is 0.351 e. The first-order valence-electron chi connectivity index (χ1n) is 12.6. The third kappa shape index (κ3) is 5.51. The summed E-state index contributed by atoms with van der Waals surface area (Å²) < 4.78 is 44.7. The molecular formula is C24H38FN7O2S. The summed E-state index contributed by atoms with van der Waals surface area (Å²) in [5, 5.41) is 3.00. The van der Waals surface area contributed by atoms with Crippen LogP contribution in [0.5, 0.6) is 0 Å². The summed E-state index contributed by atoms with van der Waals surface area (Å²) in [6.45, 7) is 12.8. The Morgan fingerprint density at radius 2 is 1.63 bits per heavy atom. The highest BCUT2D eigenvalue weighted by Crippen LogP contribution is 2.28. The van der Waals surface area contributed by atoms with Gasteiger partial charge in [0, 0.05) is 31.2 Å². The molecular weight excluding hydrogens is 469 g/mol. The predicted octanol–water partition coefficient (Wildman–Crippen LogP) is 3.45. The van der Waals surface area contributed by atoms with Crippen LogP contribution in [0.3, 0.4) is 0 Å². The first-order valence-corrected chi connectivity index (χ1v) is 14.1. The number of hydrogen-bond donors (Lipinski definition) is 1. The molecule has 0 spiro atoms. The molecule has 4 heterocycles. The monoisotopic (exact) mass is 507 g/mol. The number of nitrogens with zero attached hydrogens (tertiary/aromatic N) is 6. The highest BCUT2D eigenvalue weighted by molar-refractivity contribution is 7.89. The summed E-state index contributed by atoms with van der Waals surface area (Å²) >= 11 is 0. The lowest BCUT2D eigenvalue weighted by atomic mass is 10.1. The molecule has 2 aliphatic heterocycles. The second kappa shape index (κ2) is 10.5. The van der Waals surface area contributed by atoms with Crippen molar-refractivity contribution in [3.63, 3.8) is 0 Å². The number of piperidine rings is 2. The quantitative estimate of drug-likeness (QED) is 0.613. The Balaban J connectivity index is 1.39. The minimum Gasteiger partial charge on any atom is -0.351 e. The van der Waals surface area contributed by atoms with Gasteiger partial charge in [0.2, 0.25) is 16.0 Å². The smallest absolute Gasteiger partial charge is 0.223 e. The molecule has 0 aliphatic carbocycles. The van der Waals surface area contributed by atoms with Gasteiger partial charge in [-0.05, 0) is 73.4 Å². The molecule has 0 unspecified atom stereocenters. The van der Waals surface area contributed by atoms with Gasteiger partial charge in [-0.25, -0.2) is 32.1 Å². The summed E-state index contributed by atoms with van der Waals surface area (Å²) in [6, 6.07) is 0.589. The van der Waals surface area contributed by atoms with Crippen LogP contribution in [0.2, 0.25) is 0 Å². The van der Waals surface area contributed by atoms with Gasteiger partial charge in [-0.15, -0.1) is 0 Å². The standard InChI is InChI=1S/C24H38FN7O2S/c1-16(2)30-10-8-20(9-11-30)35(33,34)31-12-6-19(7-13-31)28-24-27-14-21(25)23(29-24)22-15-26-18(5)32(22)17(3)4/h14-17,19-20H,6-13H2,1-5H3,(H,27,28,29). The van der Waals surface area contributed by atoms with Crippen LogP contribution in [0.1, 0.15) is 65.2 Å². The number of aromatic nitrogens is 4. The van der Waals surface area contributed by atoms with E-state index in [0.29, 0.717) is 56.5 Å². The Kier molecular flexibility index (Phi) is 7.77. The van der Waals surface area contributed by atoms with Crippen molar-refractivity contribution in [2.24, 2.45) is 0 Å². The lowest BCUT2D eigenvalue weighted by molar-refractivity contribution is 0.183. The summed E-state index contributed by atoms with van der Waals surface area (Å²) in [4.78, 5) is 15.3. The molecule has 194 valence electrons. The number of rotatable bonds is 7. The van der Waals surface area contributed by atoms with E-state index in [1.165, 1.54) is 6.20 Å². The molecule has 0 aromatic carbocycles. The fourth-order valence-electron chi connectivity index (χ4n) is 5.23. The molecule has 4 rings (SSSR count). The van der Waals surface area contributed by atoms with Gasteiger partial charge in [-0.3, -0.25) is 0 Å². The van der Waals surface area contributed by atoms with Crippen molar-refractivity contribution < 1.29 is 12.8 Å². The molecule has 2 fully saturated rings. The van der Waals surface area contributed by atoms with E-state index in [1.807, 2.05) is 25.3 Å². The van der Waals surface area contributed by atoms with Gasteiger partial charge >= 0.3 is 0 Å². The number of aryl methyl sites for hydroxylation is 1. The van der Waals surface area contributed by atoms with Gasteiger partial charge < -0.3 is 14.8 Å². The number of anilines is 1. The molecule has 2 aliphatic rings. The van der Waals surface area contributed by atoms with E-state index >= 15 is 0 Å². The van der Waals surface area contributed by atoms with Crippen LogP contribution < -0.4 is 5.32 Å². The zero-order valence-corrected chi connectivity index (χ0v) is 22.2. The Morgan fingerprint density at radius 1 is 0.971 bits per heavy atom. The van der Waals surface area contributed by atoms with Crippen LogP contribution in [0.25, 0.3) is 11.4 Å². The van der Waals surface area contributed by atoms with E-state index in [1.54, 1.807) is 10.5 Å². The minimum absolute atomic E-state index is 0.0271. The molecule has 0 atom stereocenters. The first-order chi connectivity index (χ1) is 16.6. The number of imidazole rings is 1. The minimum atomic E-state index is -3.30. The maximum Gasteiger partial charge on any atom is 0.223 e. The fraction of sp³-hybridized carbons (Fsp3) is 0.708. The number of hydrogen-bond acceptors (Lipinski definition) is 7. The summed E-state index contributed by atoms with van der Waals surface area (Å²) in [7, 11) is -3.30. The highest BCUT2D eigenvalue weighted by Gasteiger charge is 2.37. The van der Waals surface area contributed by atoms with E-state index in [9.17, 15) is 12.8 Å². The summed E-state index contributed by atoms with van der Waals surface area (Å²) in [5.74, 6) is 0.644. The third-order valence-corrected chi connectivity index (χ3v) is 9.66. The Morgan fingerprint density at radius 3 is 2.23 bits per heavy atom. The van der Waals surface area contributed by atoms with E-state index in [0.717, 1.165) is 18.9 Å². The molecule has 11 heteroatoms. The van der Waals surface area contributed by atoms with Gasteiger partial charge in [-0.2, -0.15) is 0 Å². The highest BCUT2D eigenvalue weighted by atomic mass is 32.2. The molecule has 9 nitrogen and oxygen atoms in total. The van der Waals surface area contributed by atoms with Crippen molar-refractivity contribution >= 4 is 16.0 Å². The van der Waals surface area contributed by atoms with Crippen molar-refractivity contribution in [1.82, 2.24) is 28.7 Å². The zero-order chi connectivity index (χ0) is 25.3. The van der Waals surface area contributed by atoms with Crippen LogP contribution in [0.4, 0.5) is 10.3 Å². The van der Waals surface area contributed by atoms with E-state index in [4.69, 9.17) is 0 Å². The van der Waals surface area contributed by atoms with Gasteiger partial charge in [0.05, 0.1) is 23.3 Å². The number of sulfonamides is 1.